The van der Waals surface area contributed by atoms with Gasteiger partial charge in [-0.1, -0.05) is 33.1 Å². The van der Waals surface area contributed by atoms with Crippen LogP contribution >= 0.6 is 0 Å². The van der Waals surface area contributed by atoms with Crippen LogP contribution in [0.15, 0.2) is 28.4 Å². The first-order chi connectivity index (χ1) is 7.60. The number of hydrogen-bond donors (Lipinski definition) is 0. The Balaban J connectivity index is 0.00000106. The number of carbonyl (C=O) groups is 1. The fourth-order valence-electron chi connectivity index (χ4n) is 1.06. The lowest BCUT2D eigenvalue weighted by Crippen LogP contribution is -2.12. The molecule has 3 heteroatoms. The Morgan fingerprint density at radius 1 is 1.31 bits per heavy atom. The highest BCUT2D eigenvalue weighted by molar-refractivity contribution is 5.94. The number of ketones is 1. The van der Waals surface area contributed by atoms with E-state index in [-0.39, 0.29) is 11.3 Å². The monoisotopic (exact) mass is 220 g/mol. The lowest BCUT2D eigenvalue weighted by Gasteiger charge is -2.00. The Labute approximate surface area is 95.1 Å². The highest BCUT2D eigenvalue weighted by Crippen LogP contribution is 2.11. The third-order valence-electron chi connectivity index (χ3n) is 1.79. The van der Waals surface area contributed by atoms with Crippen molar-refractivity contribution >= 4 is 17.9 Å². The molecule has 0 aliphatic heterocycles. The van der Waals surface area contributed by atoms with Crippen molar-refractivity contribution in [1.82, 2.24) is 0 Å². The van der Waals surface area contributed by atoms with Gasteiger partial charge >= 0.3 is 5.63 Å². The van der Waals surface area contributed by atoms with E-state index in [2.05, 4.69) is 13.2 Å². The quantitative estimate of drug-likeness (QED) is 0.735. The summed E-state index contributed by atoms with van der Waals surface area (Å²) in [5.41, 5.74) is -0.0201. The van der Waals surface area contributed by atoms with Crippen LogP contribution < -0.4 is 5.63 Å². The molecule has 0 N–H and O–H groups in total. The second-order valence-electron chi connectivity index (χ2n) is 2.73. The molecule has 1 heterocycles. The normalized spacial score (nSPS) is 8.69. The summed E-state index contributed by atoms with van der Waals surface area (Å²) < 4.78 is 4.88. The van der Waals surface area contributed by atoms with Gasteiger partial charge in [0.25, 0.3) is 0 Å². The first-order valence-electron chi connectivity index (χ1n) is 5.04. The zero-order valence-corrected chi connectivity index (χ0v) is 9.87. The van der Waals surface area contributed by atoms with E-state index in [9.17, 15) is 9.59 Å². The first-order valence-corrected chi connectivity index (χ1v) is 5.04. The van der Waals surface area contributed by atoms with E-state index in [4.69, 9.17) is 4.42 Å². The molecule has 0 radical (unpaired) electrons. The van der Waals surface area contributed by atoms with Crippen LogP contribution in [0.4, 0.5) is 0 Å². The summed E-state index contributed by atoms with van der Waals surface area (Å²) in [6.07, 6.45) is 2.91. The molecular formula is C13H16O3. The molecule has 0 saturated carbocycles. The van der Waals surface area contributed by atoms with E-state index < -0.39 is 5.63 Å². The summed E-state index contributed by atoms with van der Waals surface area (Å²) in [6.45, 7) is 12.4. The van der Waals surface area contributed by atoms with Crippen LogP contribution in [0, 0.1) is 0 Å². The second-order valence-corrected chi connectivity index (χ2v) is 2.73. The van der Waals surface area contributed by atoms with Gasteiger partial charge in [-0.05, 0) is 19.1 Å². The highest BCUT2D eigenvalue weighted by atomic mass is 16.4. The van der Waals surface area contributed by atoms with Crippen molar-refractivity contribution in [3.63, 3.8) is 0 Å². The molecule has 1 aromatic heterocycles. The third kappa shape index (κ3) is 3.05. The molecule has 1 aromatic rings. The van der Waals surface area contributed by atoms with E-state index in [0.717, 1.165) is 0 Å². The van der Waals surface area contributed by atoms with Crippen molar-refractivity contribution in [2.24, 2.45) is 0 Å². The van der Waals surface area contributed by atoms with Crippen LogP contribution in [0.3, 0.4) is 0 Å². The zero-order valence-electron chi connectivity index (χ0n) is 9.87. The second kappa shape index (κ2) is 6.56. The van der Waals surface area contributed by atoms with E-state index in [1.807, 2.05) is 13.8 Å². The van der Waals surface area contributed by atoms with Gasteiger partial charge in [-0.3, -0.25) is 4.79 Å². The molecule has 3 nitrogen and oxygen atoms in total. The predicted octanol–water partition coefficient (Wildman–Crippen LogP) is 3.15. The minimum atomic E-state index is -0.641. The van der Waals surface area contributed by atoms with Crippen molar-refractivity contribution in [3.05, 3.63) is 46.5 Å². The van der Waals surface area contributed by atoms with Gasteiger partial charge in [0.05, 0.1) is 0 Å². The van der Waals surface area contributed by atoms with Crippen LogP contribution in [-0.4, -0.2) is 5.78 Å². The maximum atomic E-state index is 11.2. The fourth-order valence-corrected chi connectivity index (χ4v) is 1.06. The molecule has 0 aliphatic carbocycles. The predicted molar refractivity (Wildman–Crippen MR) is 66.5 cm³/mol. The minimum Gasteiger partial charge on any atom is -0.422 e. The largest absolute Gasteiger partial charge is 0.422 e. The Kier molecular flexibility index (Phi) is 5.78. The van der Waals surface area contributed by atoms with Crippen LogP contribution in [0.2, 0.25) is 0 Å². The van der Waals surface area contributed by atoms with Crippen molar-refractivity contribution in [1.29, 1.82) is 0 Å². The van der Waals surface area contributed by atoms with E-state index in [1.54, 1.807) is 0 Å². The van der Waals surface area contributed by atoms with Gasteiger partial charge in [-0.25, -0.2) is 4.79 Å². The van der Waals surface area contributed by atoms with Crippen molar-refractivity contribution in [2.45, 2.75) is 20.8 Å². The number of hydrogen-bond acceptors (Lipinski definition) is 3. The maximum Gasteiger partial charge on any atom is 0.347 e. The summed E-state index contributed by atoms with van der Waals surface area (Å²) in [5.74, 6) is 0.00691. The van der Waals surface area contributed by atoms with Gasteiger partial charge < -0.3 is 4.42 Å². The Bertz CT molecular complexity index is 453. The zero-order chi connectivity index (χ0) is 12.7. The van der Waals surface area contributed by atoms with Crippen molar-refractivity contribution in [2.75, 3.05) is 0 Å². The standard InChI is InChI=1S/C11H10O3.C2H6/c1-4-8-6-9(7(3)12)11(13)14-10(8)5-2;1-2/h4-6H,1-2H2,3H3;1-2H3. The summed E-state index contributed by atoms with van der Waals surface area (Å²) in [4.78, 5) is 22.3. The molecule has 0 saturated heterocycles. The maximum absolute atomic E-state index is 11.2. The van der Waals surface area contributed by atoms with E-state index in [1.165, 1.54) is 25.1 Å². The molecular weight excluding hydrogens is 204 g/mol. The molecule has 0 unspecified atom stereocenters. The lowest BCUT2D eigenvalue weighted by molar-refractivity contribution is 0.101. The SMILES string of the molecule is C=Cc1cc(C(C)=O)c(=O)oc1C=C.CC. The topological polar surface area (TPSA) is 47.3 Å². The average Bonchev–Trinajstić information content (AvgIpc) is 2.30. The van der Waals surface area contributed by atoms with Crippen LogP contribution in [0.25, 0.3) is 12.2 Å². The van der Waals surface area contributed by atoms with Gasteiger partial charge in [0, 0.05) is 5.56 Å². The molecule has 0 bridgehead atoms. The molecule has 0 fully saturated rings. The van der Waals surface area contributed by atoms with Gasteiger partial charge in [0.15, 0.2) is 5.78 Å². The fraction of sp³-hybridized carbons (Fsp3) is 0.231. The smallest absolute Gasteiger partial charge is 0.347 e. The summed E-state index contributed by atoms with van der Waals surface area (Å²) in [7, 11) is 0. The molecule has 0 amide bonds. The average molecular weight is 220 g/mol. The van der Waals surface area contributed by atoms with Crippen LogP contribution in [-0.2, 0) is 0 Å². The van der Waals surface area contributed by atoms with Gasteiger partial charge in [0.1, 0.15) is 11.3 Å². The molecule has 0 aliphatic rings. The number of rotatable bonds is 3. The Hall–Kier alpha value is -1.90. The number of carbonyl (C=O) groups excluding carboxylic acids is 1. The van der Waals surface area contributed by atoms with Gasteiger partial charge in [-0.2, -0.15) is 0 Å². The van der Waals surface area contributed by atoms with Gasteiger partial charge in [0.2, 0.25) is 0 Å². The van der Waals surface area contributed by atoms with E-state index in [0.29, 0.717) is 11.3 Å². The summed E-state index contributed by atoms with van der Waals surface area (Å²) >= 11 is 0. The lowest BCUT2D eigenvalue weighted by atomic mass is 10.1. The summed E-state index contributed by atoms with van der Waals surface area (Å²) in [6, 6.07) is 1.46. The molecule has 0 spiro atoms. The number of Topliss-reactive ketones (excluding diaryl/α,β-unsaturated/α-hetero) is 1. The van der Waals surface area contributed by atoms with Crippen LogP contribution in [0.5, 0.6) is 0 Å². The third-order valence-corrected chi connectivity index (χ3v) is 1.79. The van der Waals surface area contributed by atoms with E-state index >= 15 is 0 Å². The van der Waals surface area contributed by atoms with Gasteiger partial charge in [-0.15, -0.1) is 0 Å². The minimum absolute atomic E-state index is 0.0329. The van der Waals surface area contributed by atoms with Crippen molar-refractivity contribution < 1.29 is 9.21 Å². The molecule has 0 atom stereocenters. The molecule has 86 valence electrons. The molecule has 16 heavy (non-hydrogen) atoms. The van der Waals surface area contributed by atoms with Crippen molar-refractivity contribution in [3.8, 4) is 0 Å². The van der Waals surface area contributed by atoms with Crippen LogP contribution in [0.1, 0.15) is 42.5 Å². The Morgan fingerprint density at radius 3 is 2.25 bits per heavy atom. The highest BCUT2D eigenvalue weighted by Gasteiger charge is 2.10. The Morgan fingerprint density at radius 2 is 1.88 bits per heavy atom. The molecule has 1 rings (SSSR count). The molecule has 0 aromatic carbocycles. The summed E-state index contributed by atoms with van der Waals surface area (Å²) in [5, 5.41) is 0. The first kappa shape index (κ1) is 14.1.